The highest BCUT2D eigenvalue weighted by atomic mass is 16.1. The minimum Gasteiger partial charge on any atom is -0.289 e. The van der Waals surface area contributed by atoms with Gasteiger partial charge in [0, 0.05) is 5.56 Å². The number of benzene rings is 1. The molecule has 0 saturated carbocycles. The van der Waals surface area contributed by atoms with E-state index < -0.39 is 0 Å². The number of allylic oxidation sites excluding steroid dienone is 2. The number of carbonyl (C=O) groups excluding carboxylic acids is 1. The summed E-state index contributed by atoms with van der Waals surface area (Å²) < 4.78 is 0. The smallest absolute Gasteiger partial charge is 0.186 e. The van der Waals surface area contributed by atoms with Crippen LogP contribution in [-0.2, 0) is 0 Å². The van der Waals surface area contributed by atoms with E-state index >= 15 is 0 Å². The van der Waals surface area contributed by atoms with Gasteiger partial charge in [0.15, 0.2) is 5.78 Å². The van der Waals surface area contributed by atoms with Crippen molar-refractivity contribution in [1.82, 2.24) is 0 Å². The molecule has 0 atom stereocenters. The van der Waals surface area contributed by atoms with Crippen LogP contribution in [0.3, 0.4) is 0 Å². The lowest BCUT2D eigenvalue weighted by molar-refractivity contribution is 0.104. The molecule has 1 heteroatoms. The zero-order chi connectivity index (χ0) is 12.5. The van der Waals surface area contributed by atoms with Crippen molar-refractivity contribution in [3.05, 3.63) is 45.5 Å². The monoisotopic (exact) mass is 216 g/mol. The van der Waals surface area contributed by atoms with E-state index in [1.54, 1.807) is 12.2 Å². The predicted octanol–water partition coefficient (Wildman–Crippen LogP) is 3.99. The summed E-state index contributed by atoms with van der Waals surface area (Å²) in [4.78, 5) is 12.0. The van der Waals surface area contributed by atoms with Gasteiger partial charge in [0.2, 0.25) is 0 Å². The number of rotatable bonds is 2. The topological polar surface area (TPSA) is 17.1 Å². The van der Waals surface area contributed by atoms with Crippen LogP contribution in [0.4, 0.5) is 0 Å². The Bertz CT molecular complexity index is 436. The lowest BCUT2D eigenvalue weighted by Gasteiger charge is -2.16. The van der Waals surface area contributed by atoms with E-state index in [4.69, 9.17) is 0 Å². The van der Waals surface area contributed by atoms with Crippen molar-refractivity contribution in [2.75, 3.05) is 0 Å². The molecule has 0 heterocycles. The lowest BCUT2D eigenvalue weighted by Crippen LogP contribution is -2.07. The van der Waals surface area contributed by atoms with Crippen molar-refractivity contribution < 1.29 is 4.79 Å². The average Bonchev–Trinajstić information content (AvgIpc) is 2.24. The second-order valence-electron chi connectivity index (χ2n) is 4.36. The van der Waals surface area contributed by atoms with Gasteiger partial charge in [-0.05, 0) is 75.4 Å². The molecule has 1 aromatic carbocycles. The van der Waals surface area contributed by atoms with Crippen molar-refractivity contribution >= 4 is 5.78 Å². The highest BCUT2D eigenvalue weighted by Crippen LogP contribution is 2.26. The number of hydrogen-bond acceptors (Lipinski definition) is 1. The maximum Gasteiger partial charge on any atom is 0.186 e. The Kier molecular flexibility index (Phi) is 3.69. The summed E-state index contributed by atoms with van der Waals surface area (Å²) in [6.45, 7) is 12.2. The van der Waals surface area contributed by atoms with Gasteiger partial charge in [0.25, 0.3) is 0 Å². The Morgan fingerprint density at radius 2 is 1.19 bits per heavy atom. The highest BCUT2D eigenvalue weighted by Gasteiger charge is 2.15. The van der Waals surface area contributed by atoms with Gasteiger partial charge in [-0.3, -0.25) is 4.79 Å². The summed E-state index contributed by atoms with van der Waals surface area (Å²) >= 11 is 0. The molecule has 0 fully saturated rings. The van der Waals surface area contributed by atoms with Crippen LogP contribution in [0.25, 0.3) is 0 Å². The van der Waals surface area contributed by atoms with Crippen LogP contribution in [0.2, 0.25) is 0 Å². The third kappa shape index (κ3) is 1.95. The van der Waals surface area contributed by atoms with Crippen LogP contribution in [0.1, 0.15) is 45.1 Å². The van der Waals surface area contributed by atoms with Crippen LogP contribution in [-0.4, -0.2) is 5.78 Å². The molecule has 0 aliphatic rings. The molecule has 0 bridgehead atoms. The maximum atomic E-state index is 12.0. The molecule has 1 rings (SSSR count). The van der Waals surface area contributed by atoms with Gasteiger partial charge in [-0.1, -0.05) is 6.08 Å². The Hall–Kier alpha value is -1.37. The molecule has 16 heavy (non-hydrogen) atoms. The molecule has 0 aromatic heterocycles. The SMILES string of the molecule is CC=CC(=O)c1c(C)c(C)c(C)c(C)c1C. The van der Waals surface area contributed by atoms with Gasteiger partial charge in [0.1, 0.15) is 0 Å². The van der Waals surface area contributed by atoms with Gasteiger partial charge in [-0.15, -0.1) is 0 Å². The summed E-state index contributed by atoms with van der Waals surface area (Å²) in [6.07, 6.45) is 3.44. The summed E-state index contributed by atoms with van der Waals surface area (Å²) in [7, 11) is 0. The van der Waals surface area contributed by atoms with Crippen molar-refractivity contribution in [3.63, 3.8) is 0 Å². The summed E-state index contributed by atoms with van der Waals surface area (Å²) in [5, 5.41) is 0. The first-order valence-electron chi connectivity index (χ1n) is 5.65. The van der Waals surface area contributed by atoms with Crippen molar-refractivity contribution in [2.24, 2.45) is 0 Å². The van der Waals surface area contributed by atoms with E-state index in [9.17, 15) is 4.79 Å². The van der Waals surface area contributed by atoms with Crippen LogP contribution in [0.5, 0.6) is 0 Å². The third-order valence-electron chi connectivity index (χ3n) is 3.56. The van der Waals surface area contributed by atoms with E-state index in [0.29, 0.717) is 0 Å². The minimum atomic E-state index is 0.115. The molecule has 0 spiro atoms. The number of carbonyl (C=O) groups is 1. The Labute approximate surface area is 98.2 Å². The first-order valence-corrected chi connectivity index (χ1v) is 5.65. The largest absolute Gasteiger partial charge is 0.289 e. The molecule has 86 valence electrons. The molecule has 0 unspecified atom stereocenters. The van der Waals surface area contributed by atoms with Gasteiger partial charge in [-0.25, -0.2) is 0 Å². The van der Waals surface area contributed by atoms with E-state index in [-0.39, 0.29) is 5.78 Å². The minimum absolute atomic E-state index is 0.115. The molecule has 0 N–H and O–H groups in total. The fraction of sp³-hybridized carbons (Fsp3) is 0.400. The Balaban J connectivity index is 3.58. The molecule has 0 aliphatic carbocycles. The van der Waals surface area contributed by atoms with E-state index in [1.165, 1.54) is 16.7 Å². The molecule has 0 saturated heterocycles. The Morgan fingerprint density at radius 1 is 0.812 bits per heavy atom. The summed E-state index contributed by atoms with van der Waals surface area (Å²) in [6, 6.07) is 0. The van der Waals surface area contributed by atoms with Gasteiger partial charge in [-0.2, -0.15) is 0 Å². The molecule has 0 radical (unpaired) electrons. The zero-order valence-corrected chi connectivity index (χ0v) is 11.1. The second-order valence-corrected chi connectivity index (χ2v) is 4.36. The van der Waals surface area contributed by atoms with Crippen molar-refractivity contribution in [1.29, 1.82) is 0 Å². The summed E-state index contributed by atoms with van der Waals surface area (Å²) in [5.41, 5.74) is 6.87. The van der Waals surface area contributed by atoms with Crippen LogP contribution >= 0.6 is 0 Å². The first-order chi connectivity index (χ1) is 7.41. The standard InChI is InChI=1S/C15H20O/c1-7-8-14(16)15-12(5)10(3)9(2)11(4)13(15)6/h7-8H,1-6H3. The fourth-order valence-electron chi connectivity index (χ4n) is 2.10. The molecule has 0 aliphatic heterocycles. The van der Waals surface area contributed by atoms with Crippen molar-refractivity contribution in [3.8, 4) is 0 Å². The average molecular weight is 216 g/mol. The van der Waals surface area contributed by atoms with E-state index in [1.807, 2.05) is 20.8 Å². The maximum absolute atomic E-state index is 12.0. The number of hydrogen-bond donors (Lipinski definition) is 0. The van der Waals surface area contributed by atoms with Gasteiger partial charge >= 0.3 is 0 Å². The molecule has 1 nitrogen and oxygen atoms in total. The fourth-order valence-corrected chi connectivity index (χ4v) is 2.10. The van der Waals surface area contributed by atoms with Crippen LogP contribution in [0, 0.1) is 34.6 Å². The van der Waals surface area contributed by atoms with Gasteiger partial charge < -0.3 is 0 Å². The molecule has 1 aromatic rings. The second kappa shape index (κ2) is 4.65. The third-order valence-corrected chi connectivity index (χ3v) is 3.56. The van der Waals surface area contributed by atoms with E-state index in [2.05, 4.69) is 20.8 Å². The van der Waals surface area contributed by atoms with Crippen molar-refractivity contribution in [2.45, 2.75) is 41.5 Å². The Morgan fingerprint density at radius 3 is 1.56 bits per heavy atom. The molecular weight excluding hydrogens is 196 g/mol. The zero-order valence-electron chi connectivity index (χ0n) is 11.1. The lowest BCUT2D eigenvalue weighted by atomic mass is 9.88. The van der Waals surface area contributed by atoms with Crippen LogP contribution < -0.4 is 0 Å². The van der Waals surface area contributed by atoms with Gasteiger partial charge in [0.05, 0.1) is 0 Å². The normalized spacial score (nSPS) is 11.1. The van der Waals surface area contributed by atoms with Crippen LogP contribution in [0.15, 0.2) is 12.2 Å². The van der Waals surface area contributed by atoms with E-state index in [0.717, 1.165) is 16.7 Å². The molecule has 0 amide bonds. The number of ketones is 1. The molecular formula is C15H20O. The first kappa shape index (κ1) is 12.7. The quantitative estimate of drug-likeness (QED) is 0.539. The predicted molar refractivity (Wildman–Crippen MR) is 69.3 cm³/mol. The summed E-state index contributed by atoms with van der Waals surface area (Å²) in [5.74, 6) is 0.115. The highest BCUT2D eigenvalue weighted by molar-refractivity contribution is 6.07.